The zero-order valence-corrected chi connectivity index (χ0v) is 14.0. The molecule has 5 nitrogen and oxygen atoms in total. The first-order chi connectivity index (χ1) is 9.11. The van der Waals surface area contributed by atoms with Crippen molar-refractivity contribution in [2.24, 2.45) is 0 Å². The molecule has 108 valence electrons. The molecule has 2 saturated heterocycles. The molecule has 0 amide bonds. The number of morpholine rings is 1. The van der Waals surface area contributed by atoms with E-state index in [1.54, 1.807) is 0 Å². The van der Waals surface area contributed by atoms with Crippen molar-refractivity contribution in [2.45, 2.75) is 12.8 Å². The predicted octanol–water partition coefficient (Wildman–Crippen LogP) is 1.19. The lowest BCUT2D eigenvalue weighted by atomic mass is 10.4. The maximum Gasteiger partial charge on any atom is 0.171 e. The number of rotatable bonds is 2. The second-order valence-corrected chi connectivity index (χ2v) is 6.60. The average molecular weight is 339 g/mol. The van der Waals surface area contributed by atoms with E-state index >= 15 is 0 Å². The third-order valence-electron chi connectivity index (χ3n) is 3.13. The van der Waals surface area contributed by atoms with Crippen molar-refractivity contribution >= 4 is 58.3 Å². The van der Waals surface area contributed by atoms with Crippen LogP contribution in [-0.2, 0) is 4.74 Å². The summed E-state index contributed by atoms with van der Waals surface area (Å²) in [5.41, 5.74) is 0. The Labute approximate surface area is 135 Å². The Bertz CT molecular complexity index is 344. The van der Waals surface area contributed by atoms with Gasteiger partial charge in [-0.05, 0) is 37.3 Å². The van der Waals surface area contributed by atoms with Gasteiger partial charge in [0.15, 0.2) is 8.64 Å². The first-order valence-corrected chi connectivity index (χ1v) is 7.96. The van der Waals surface area contributed by atoms with Crippen LogP contribution in [0.4, 0.5) is 0 Å². The summed E-state index contributed by atoms with van der Waals surface area (Å²) in [5.74, 6) is 0. The van der Waals surface area contributed by atoms with Crippen LogP contribution in [-0.4, -0.2) is 68.3 Å². The number of thiocarbonyl (C=S) groups is 2. The molecule has 0 aromatic heterocycles. The number of thiol groups is 2. The van der Waals surface area contributed by atoms with Gasteiger partial charge in [-0.1, -0.05) is 0 Å². The zero-order valence-electron chi connectivity index (χ0n) is 10.6. The summed E-state index contributed by atoms with van der Waals surface area (Å²) in [7, 11) is 0. The largest absolute Gasteiger partial charge is 0.379 e. The molecule has 0 aromatic carbocycles. The van der Waals surface area contributed by atoms with Crippen LogP contribution in [0.5, 0.6) is 0 Å². The molecule has 0 atom stereocenters. The van der Waals surface area contributed by atoms with E-state index in [4.69, 9.17) is 29.2 Å². The van der Waals surface area contributed by atoms with Crippen molar-refractivity contribution in [3.63, 3.8) is 0 Å². The van der Waals surface area contributed by atoms with Gasteiger partial charge in [-0.2, -0.15) is 20.3 Å². The lowest BCUT2D eigenvalue weighted by Gasteiger charge is -2.46. The highest BCUT2D eigenvalue weighted by molar-refractivity contribution is 8.11. The topological polar surface area (TPSA) is 22.2 Å². The monoisotopic (exact) mass is 338 g/mol. The minimum absolute atomic E-state index is 0.463. The van der Waals surface area contributed by atoms with E-state index in [1.807, 2.05) is 10.2 Å². The van der Waals surface area contributed by atoms with Crippen LogP contribution in [0.2, 0.25) is 0 Å². The molecule has 0 aliphatic carbocycles. The van der Waals surface area contributed by atoms with Gasteiger partial charge in [0.25, 0.3) is 0 Å². The molecule has 2 aliphatic rings. The molecule has 0 bridgehead atoms. The normalized spacial score (nSPS) is 21.4. The highest BCUT2D eigenvalue weighted by Gasteiger charge is 2.32. The molecule has 0 spiro atoms. The third kappa shape index (κ3) is 3.93. The highest BCUT2D eigenvalue weighted by Crippen LogP contribution is 2.20. The Morgan fingerprint density at radius 1 is 0.842 bits per heavy atom. The maximum atomic E-state index is 5.37. The van der Waals surface area contributed by atoms with Crippen molar-refractivity contribution in [1.82, 2.24) is 20.3 Å². The summed E-state index contributed by atoms with van der Waals surface area (Å²) in [6.07, 6.45) is 2.31. The second kappa shape index (κ2) is 7.39. The van der Waals surface area contributed by atoms with E-state index in [2.05, 4.69) is 35.3 Å². The van der Waals surface area contributed by atoms with Crippen LogP contribution in [0.1, 0.15) is 12.8 Å². The van der Waals surface area contributed by atoms with Gasteiger partial charge in [0, 0.05) is 26.2 Å². The van der Waals surface area contributed by atoms with Gasteiger partial charge in [0.05, 0.1) is 13.2 Å². The number of nitrogens with zero attached hydrogens (tertiary/aromatic N) is 4. The van der Waals surface area contributed by atoms with Crippen LogP contribution in [0.3, 0.4) is 0 Å². The van der Waals surface area contributed by atoms with E-state index in [-0.39, 0.29) is 0 Å². The van der Waals surface area contributed by atoms with E-state index in [1.165, 1.54) is 0 Å². The number of hydrogen-bond donors (Lipinski definition) is 2. The van der Waals surface area contributed by atoms with Crippen LogP contribution < -0.4 is 0 Å². The molecular formula is C10H18N4OS4. The Morgan fingerprint density at radius 3 is 1.68 bits per heavy atom. The third-order valence-corrected chi connectivity index (χ3v) is 3.81. The lowest BCUT2D eigenvalue weighted by molar-refractivity contribution is -0.192. The number of hydrogen-bond acceptors (Lipinski definition) is 5. The summed E-state index contributed by atoms with van der Waals surface area (Å²) in [6.45, 7) is 4.80. The standard InChI is InChI=1S/C10H18N4OS4/c16-9(17)13(11-3-1-2-4-11)14(10(18)19)12-5-7-15-8-6-12/h1-8H2,(H,16,17)(H,18,19). The Morgan fingerprint density at radius 2 is 1.26 bits per heavy atom. The minimum Gasteiger partial charge on any atom is -0.379 e. The molecule has 9 heteroatoms. The molecule has 0 radical (unpaired) electrons. The number of ether oxygens (including phenoxy) is 1. The summed E-state index contributed by atoms with van der Waals surface area (Å²) in [5, 5.41) is 7.95. The molecule has 2 heterocycles. The van der Waals surface area contributed by atoms with Gasteiger partial charge in [-0.25, -0.2) is 0 Å². The van der Waals surface area contributed by atoms with Gasteiger partial charge in [0.2, 0.25) is 0 Å². The smallest absolute Gasteiger partial charge is 0.171 e. The van der Waals surface area contributed by atoms with Gasteiger partial charge >= 0.3 is 0 Å². The Kier molecular flexibility index (Phi) is 6.12. The Balaban J connectivity index is 2.17. The van der Waals surface area contributed by atoms with Crippen LogP contribution in [0.25, 0.3) is 0 Å². The van der Waals surface area contributed by atoms with E-state index in [0.717, 1.165) is 39.0 Å². The molecule has 2 fully saturated rings. The predicted molar refractivity (Wildman–Crippen MR) is 90.0 cm³/mol. The van der Waals surface area contributed by atoms with Gasteiger partial charge in [-0.15, -0.1) is 25.3 Å². The summed E-state index contributed by atoms with van der Waals surface area (Å²) >= 11 is 19.2. The quantitative estimate of drug-likeness (QED) is 0.443. The van der Waals surface area contributed by atoms with E-state index < -0.39 is 0 Å². The lowest BCUT2D eigenvalue weighted by Crippen LogP contribution is -2.62. The zero-order chi connectivity index (χ0) is 13.8. The fourth-order valence-electron chi connectivity index (χ4n) is 2.28. The molecule has 2 aliphatic heterocycles. The van der Waals surface area contributed by atoms with Gasteiger partial charge in [0.1, 0.15) is 0 Å². The second-order valence-electron chi connectivity index (χ2n) is 4.37. The molecule has 19 heavy (non-hydrogen) atoms. The first-order valence-electron chi connectivity index (χ1n) is 6.24. The van der Waals surface area contributed by atoms with Crippen molar-refractivity contribution < 1.29 is 4.74 Å². The molecule has 0 N–H and O–H groups in total. The minimum atomic E-state index is 0.463. The highest BCUT2D eigenvalue weighted by atomic mass is 32.1. The fourth-order valence-corrected chi connectivity index (χ4v) is 3.08. The number of hydrazine groups is 3. The molecule has 0 saturated carbocycles. The van der Waals surface area contributed by atoms with Crippen LogP contribution in [0, 0.1) is 0 Å². The van der Waals surface area contributed by atoms with Crippen molar-refractivity contribution in [2.75, 3.05) is 39.4 Å². The average Bonchev–Trinajstić information content (AvgIpc) is 2.89. The fraction of sp³-hybridized carbons (Fsp3) is 0.800. The molecule has 0 aromatic rings. The molecule has 0 unspecified atom stereocenters. The van der Waals surface area contributed by atoms with Gasteiger partial charge < -0.3 is 4.74 Å². The van der Waals surface area contributed by atoms with Crippen LogP contribution in [0.15, 0.2) is 0 Å². The maximum absolute atomic E-state index is 5.37. The summed E-state index contributed by atoms with van der Waals surface area (Å²) in [4.78, 5) is 0. The summed E-state index contributed by atoms with van der Waals surface area (Å²) < 4.78 is 6.31. The molecule has 2 rings (SSSR count). The van der Waals surface area contributed by atoms with Crippen molar-refractivity contribution in [1.29, 1.82) is 0 Å². The van der Waals surface area contributed by atoms with E-state index in [9.17, 15) is 0 Å². The first kappa shape index (κ1) is 15.7. The summed E-state index contributed by atoms with van der Waals surface area (Å²) in [6, 6.07) is 0. The van der Waals surface area contributed by atoms with Crippen molar-refractivity contribution in [3.8, 4) is 0 Å². The van der Waals surface area contributed by atoms with E-state index in [0.29, 0.717) is 21.9 Å². The van der Waals surface area contributed by atoms with Crippen molar-refractivity contribution in [3.05, 3.63) is 0 Å². The Hall–Kier alpha value is 0.360. The van der Waals surface area contributed by atoms with Crippen LogP contribution >= 0.6 is 49.7 Å². The SMILES string of the molecule is S=C(S)N(N1CCCC1)N(C(=S)S)N1CCOCC1. The molecular weight excluding hydrogens is 320 g/mol. The van der Waals surface area contributed by atoms with Gasteiger partial charge in [-0.3, -0.25) is 0 Å².